The van der Waals surface area contributed by atoms with Crippen molar-refractivity contribution < 1.29 is 4.79 Å². The fourth-order valence-electron chi connectivity index (χ4n) is 2.32. The van der Waals surface area contributed by atoms with Crippen molar-refractivity contribution in [2.75, 3.05) is 19.6 Å². The van der Waals surface area contributed by atoms with E-state index in [4.69, 9.17) is 0 Å². The molecule has 1 aliphatic rings. The smallest absolute Gasteiger partial charge is 0.241 e. The first-order valence-corrected chi connectivity index (χ1v) is 7.47. The van der Waals surface area contributed by atoms with Gasteiger partial charge in [0.2, 0.25) is 5.91 Å². The predicted molar refractivity (Wildman–Crippen MR) is 94.6 cm³/mol. The molecule has 118 valence electrons. The molecule has 0 spiro atoms. The molecule has 0 saturated heterocycles. The van der Waals surface area contributed by atoms with E-state index in [9.17, 15) is 4.79 Å². The molecule has 3 N–H and O–H groups in total. The Morgan fingerprint density at radius 2 is 1.70 bits per heavy atom. The number of hydrogen-bond acceptors (Lipinski definition) is 2. The normalized spacial score (nSPS) is 22.6. The van der Waals surface area contributed by atoms with Crippen LogP contribution < -0.4 is 16.0 Å². The van der Waals surface area contributed by atoms with E-state index in [-0.39, 0.29) is 36.4 Å². The average molecular weight is 396 g/mol. The van der Waals surface area contributed by atoms with Crippen molar-refractivity contribution in [3.63, 3.8) is 0 Å². The number of likely N-dealkylation sites (N-methyl/N-ethyl adjacent to an activating group) is 1. The first kappa shape index (κ1) is 19.5. The van der Waals surface area contributed by atoms with Gasteiger partial charge in [0.1, 0.15) is 6.54 Å². The summed E-state index contributed by atoms with van der Waals surface area (Å²) in [5.41, 5.74) is 0. The quantitative estimate of drug-likeness (QED) is 0.378. The van der Waals surface area contributed by atoms with Crippen molar-refractivity contribution in [1.29, 1.82) is 0 Å². The highest BCUT2D eigenvalue weighted by atomic mass is 127. The van der Waals surface area contributed by atoms with Gasteiger partial charge in [-0.05, 0) is 45.4 Å². The highest BCUT2D eigenvalue weighted by Crippen LogP contribution is 2.23. The number of rotatable bonds is 5. The summed E-state index contributed by atoms with van der Waals surface area (Å²) in [5.74, 6) is 1.57. The molecule has 1 amide bonds. The maximum absolute atomic E-state index is 11.4. The molecule has 0 aromatic rings. The Balaban J connectivity index is 0.00000361. The van der Waals surface area contributed by atoms with Crippen LogP contribution in [0.2, 0.25) is 0 Å². The number of amides is 1. The molecule has 0 aliphatic heterocycles. The van der Waals surface area contributed by atoms with Crippen molar-refractivity contribution >= 4 is 35.8 Å². The van der Waals surface area contributed by atoms with E-state index >= 15 is 0 Å². The number of halogens is 1. The largest absolute Gasteiger partial charge is 0.357 e. The Hall–Kier alpha value is -0.530. The van der Waals surface area contributed by atoms with Crippen LogP contribution in [0.5, 0.6) is 0 Å². The van der Waals surface area contributed by atoms with E-state index in [0.717, 1.165) is 18.4 Å². The number of carbonyl (C=O) groups is 1. The minimum Gasteiger partial charge on any atom is -0.357 e. The molecule has 1 aliphatic carbocycles. The molecule has 0 bridgehead atoms. The molecule has 5 nitrogen and oxygen atoms in total. The second-order valence-electron chi connectivity index (χ2n) is 5.25. The van der Waals surface area contributed by atoms with Gasteiger partial charge in [0, 0.05) is 19.1 Å². The number of aliphatic imine (C=N–C) groups is 1. The minimum atomic E-state index is -0.0306. The number of nitrogens with one attached hydrogen (secondary N) is 3. The Bertz CT molecular complexity index is 302. The minimum absolute atomic E-state index is 0. The summed E-state index contributed by atoms with van der Waals surface area (Å²) in [5, 5.41) is 9.38. The lowest BCUT2D eigenvalue weighted by atomic mass is 9.87. The molecule has 20 heavy (non-hydrogen) atoms. The zero-order valence-corrected chi connectivity index (χ0v) is 15.2. The summed E-state index contributed by atoms with van der Waals surface area (Å²) < 4.78 is 0. The molecule has 6 heteroatoms. The van der Waals surface area contributed by atoms with E-state index < -0.39 is 0 Å². The Kier molecular flexibility index (Phi) is 10.9. The van der Waals surface area contributed by atoms with Gasteiger partial charge in [0.15, 0.2) is 5.96 Å². The van der Waals surface area contributed by atoms with Crippen LogP contribution in [-0.4, -0.2) is 37.5 Å². The third-order valence-corrected chi connectivity index (χ3v) is 3.46. The van der Waals surface area contributed by atoms with Crippen LogP contribution >= 0.6 is 24.0 Å². The van der Waals surface area contributed by atoms with E-state index in [2.05, 4.69) is 27.9 Å². The number of guanidine groups is 1. The van der Waals surface area contributed by atoms with Crippen molar-refractivity contribution in [3.8, 4) is 0 Å². The van der Waals surface area contributed by atoms with Gasteiger partial charge in [-0.2, -0.15) is 0 Å². The zero-order chi connectivity index (χ0) is 14.1. The van der Waals surface area contributed by atoms with Crippen LogP contribution in [0.4, 0.5) is 0 Å². The fourth-order valence-corrected chi connectivity index (χ4v) is 2.32. The lowest BCUT2D eigenvalue weighted by Crippen LogP contribution is -2.45. The number of nitrogens with zero attached hydrogens (tertiary/aromatic N) is 1. The summed E-state index contributed by atoms with van der Waals surface area (Å²) in [7, 11) is 0. The van der Waals surface area contributed by atoms with Gasteiger partial charge in [0.05, 0.1) is 0 Å². The predicted octanol–water partition coefficient (Wildman–Crippen LogP) is 1.87. The van der Waals surface area contributed by atoms with Gasteiger partial charge in [-0.1, -0.05) is 6.92 Å². The van der Waals surface area contributed by atoms with Crippen LogP contribution in [0.25, 0.3) is 0 Å². The number of hydrogen-bond donors (Lipinski definition) is 3. The third-order valence-electron chi connectivity index (χ3n) is 3.46. The van der Waals surface area contributed by atoms with Gasteiger partial charge >= 0.3 is 0 Å². The van der Waals surface area contributed by atoms with E-state index in [1.165, 1.54) is 25.7 Å². The first-order chi connectivity index (χ1) is 9.15. The molecule has 1 fully saturated rings. The lowest BCUT2D eigenvalue weighted by Gasteiger charge is -2.28. The summed E-state index contributed by atoms with van der Waals surface area (Å²) in [4.78, 5) is 15.7. The maximum atomic E-state index is 11.4. The monoisotopic (exact) mass is 396 g/mol. The highest BCUT2D eigenvalue weighted by molar-refractivity contribution is 14.0. The van der Waals surface area contributed by atoms with Crippen LogP contribution in [0.3, 0.4) is 0 Å². The SMILES string of the molecule is CCNC(=O)CN=C(NCC)NC1CCC(C)CC1.I. The molecule has 0 atom stereocenters. The highest BCUT2D eigenvalue weighted by Gasteiger charge is 2.18. The molecular weight excluding hydrogens is 367 g/mol. The third kappa shape index (κ3) is 7.91. The Morgan fingerprint density at radius 3 is 2.25 bits per heavy atom. The van der Waals surface area contributed by atoms with Crippen molar-refractivity contribution in [3.05, 3.63) is 0 Å². The van der Waals surface area contributed by atoms with Gasteiger partial charge < -0.3 is 16.0 Å². The van der Waals surface area contributed by atoms with Crippen molar-refractivity contribution in [2.45, 2.75) is 52.5 Å². The zero-order valence-electron chi connectivity index (χ0n) is 12.9. The maximum Gasteiger partial charge on any atom is 0.241 e. The summed E-state index contributed by atoms with van der Waals surface area (Å²) >= 11 is 0. The van der Waals surface area contributed by atoms with Gasteiger partial charge in [0.25, 0.3) is 0 Å². The molecule has 0 unspecified atom stereocenters. The Morgan fingerprint density at radius 1 is 1.10 bits per heavy atom. The van der Waals surface area contributed by atoms with Crippen LogP contribution in [0, 0.1) is 5.92 Å². The molecule has 0 radical (unpaired) electrons. The summed E-state index contributed by atoms with van der Waals surface area (Å²) in [6.07, 6.45) is 4.92. The van der Waals surface area contributed by atoms with Crippen molar-refractivity contribution in [1.82, 2.24) is 16.0 Å². The van der Waals surface area contributed by atoms with Gasteiger partial charge in [-0.3, -0.25) is 4.79 Å². The molecular formula is C14H29IN4O. The Labute approximate surface area is 139 Å². The van der Waals surface area contributed by atoms with Gasteiger partial charge in [-0.15, -0.1) is 24.0 Å². The van der Waals surface area contributed by atoms with E-state index in [0.29, 0.717) is 12.6 Å². The second-order valence-corrected chi connectivity index (χ2v) is 5.25. The molecule has 0 heterocycles. The van der Waals surface area contributed by atoms with Crippen molar-refractivity contribution in [2.24, 2.45) is 10.9 Å². The average Bonchev–Trinajstić information content (AvgIpc) is 2.39. The van der Waals surface area contributed by atoms with Crippen LogP contribution in [-0.2, 0) is 4.79 Å². The van der Waals surface area contributed by atoms with Crippen LogP contribution in [0.1, 0.15) is 46.5 Å². The molecule has 0 aromatic heterocycles. The molecule has 1 saturated carbocycles. The standard InChI is InChI=1S/C14H28N4O.HI/c1-4-15-13(19)10-17-14(16-5-2)18-12-8-6-11(3)7-9-12;/h11-12H,4-10H2,1-3H3,(H,15,19)(H2,16,17,18);1H. The topological polar surface area (TPSA) is 65.5 Å². The van der Waals surface area contributed by atoms with E-state index in [1.807, 2.05) is 13.8 Å². The summed E-state index contributed by atoms with van der Waals surface area (Å²) in [6, 6.07) is 0.489. The second kappa shape index (κ2) is 11.2. The molecule has 0 aromatic carbocycles. The lowest BCUT2D eigenvalue weighted by molar-refractivity contribution is -0.119. The molecule has 1 rings (SSSR count). The van der Waals surface area contributed by atoms with Crippen LogP contribution in [0.15, 0.2) is 4.99 Å². The first-order valence-electron chi connectivity index (χ1n) is 7.47. The number of carbonyl (C=O) groups excluding carboxylic acids is 1. The summed E-state index contributed by atoms with van der Waals surface area (Å²) in [6.45, 7) is 7.90. The van der Waals surface area contributed by atoms with E-state index in [1.54, 1.807) is 0 Å². The fraction of sp³-hybridized carbons (Fsp3) is 0.857. The van der Waals surface area contributed by atoms with Gasteiger partial charge in [-0.25, -0.2) is 4.99 Å².